The number of hydrogen-bond acceptors (Lipinski definition) is 3. The Balaban J connectivity index is 1.84. The Hall–Kier alpha value is -2.03. The van der Waals surface area contributed by atoms with E-state index in [1.165, 1.54) is 17.9 Å². The average Bonchev–Trinajstić information content (AvgIpc) is 2.38. The second-order valence-corrected chi connectivity index (χ2v) is 4.11. The minimum atomic E-state index is -0.126. The smallest absolute Gasteiger partial charge is 0.226 e. The SMILES string of the molecule is Cc1occc(=O)c1OCCCc1ccccc1. The van der Waals surface area contributed by atoms with Gasteiger partial charge in [0, 0.05) is 6.07 Å². The molecule has 0 radical (unpaired) electrons. The standard InChI is InChI=1S/C15H16O3/c1-12-15(14(16)9-11-17-12)18-10-5-8-13-6-3-2-4-7-13/h2-4,6-7,9,11H,5,8,10H2,1H3. The van der Waals surface area contributed by atoms with Crippen LogP contribution in [0.4, 0.5) is 0 Å². The van der Waals surface area contributed by atoms with Gasteiger partial charge in [-0.3, -0.25) is 4.79 Å². The summed E-state index contributed by atoms with van der Waals surface area (Å²) in [7, 11) is 0. The fourth-order valence-corrected chi connectivity index (χ4v) is 1.77. The summed E-state index contributed by atoms with van der Waals surface area (Å²) in [5.74, 6) is 0.854. The lowest BCUT2D eigenvalue weighted by atomic mass is 10.1. The molecule has 0 spiro atoms. The molecule has 0 aliphatic rings. The minimum Gasteiger partial charge on any atom is -0.487 e. The summed E-state index contributed by atoms with van der Waals surface area (Å²) in [4.78, 5) is 11.5. The first-order valence-corrected chi connectivity index (χ1v) is 6.02. The van der Waals surface area contributed by atoms with Crippen molar-refractivity contribution in [3.8, 4) is 5.75 Å². The van der Waals surface area contributed by atoms with Crippen molar-refractivity contribution in [2.24, 2.45) is 0 Å². The summed E-state index contributed by atoms with van der Waals surface area (Å²) in [6, 6.07) is 11.6. The lowest BCUT2D eigenvalue weighted by Gasteiger charge is -2.06. The molecule has 18 heavy (non-hydrogen) atoms. The zero-order valence-corrected chi connectivity index (χ0v) is 10.4. The second kappa shape index (κ2) is 6.05. The van der Waals surface area contributed by atoms with Crippen molar-refractivity contribution in [1.82, 2.24) is 0 Å². The van der Waals surface area contributed by atoms with Crippen LogP contribution < -0.4 is 10.2 Å². The number of benzene rings is 1. The van der Waals surface area contributed by atoms with Crippen LogP contribution in [-0.2, 0) is 6.42 Å². The summed E-state index contributed by atoms with van der Waals surface area (Å²) in [5, 5.41) is 0. The van der Waals surface area contributed by atoms with E-state index in [0.717, 1.165) is 12.8 Å². The van der Waals surface area contributed by atoms with E-state index in [2.05, 4.69) is 12.1 Å². The average molecular weight is 244 g/mol. The molecule has 0 N–H and O–H groups in total. The van der Waals surface area contributed by atoms with E-state index in [-0.39, 0.29) is 5.43 Å². The molecule has 1 aromatic carbocycles. The van der Waals surface area contributed by atoms with Crippen molar-refractivity contribution in [3.05, 3.63) is 64.2 Å². The first-order chi connectivity index (χ1) is 8.77. The van der Waals surface area contributed by atoms with Crippen molar-refractivity contribution in [3.63, 3.8) is 0 Å². The minimum absolute atomic E-state index is 0.126. The van der Waals surface area contributed by atoms with Gasteiger partial charge in [0.15, 0.2) is 0 Å². The molecule has 3 heteroatoms. The topological polar surface area (TPSA) is 39.4 Å². The van der Waals surface area contributed by atoms with Crippen LogP contribution in [0, 0.1) is 6.92 Å². The molecule has 2 rings (SSSR count). The lowest BCUT2D eigenvalue weighted by molar-refractivity contribution is 0.292. The Kier molecular flexibility index (Phi) is 4.18. The van der Waals surface area contributed by atoms with Gasteiger partial charge in [0.1, 0.15) is 5.76 Å². The molecule has 0 unspecified atom stereocenters. The molecule has 0 fully saturated rings. The maximum atomic E-state index is 11.5. The highest BCUT2D eigenvalue weighted by Crippen LogP contribution is 2.11. The van der Waals surface area contributed by atoms with Crippen LogP contribution >= 0.6 is 0 Å². The number of hydrogen-bond donors (Lipinski definition) is 0. The molecule has 94 valence electrons. The first kappa shape index (κ1) is 12.4. The molecule has 0 amide bonds. The highest BCUT2D eigenvalue weighted by atomic mass is 16.5. The molecular formula is C15H16O3. The molecule has 1 aromatic heterocycles. The summed E-state index contributed by atoms with van der Waals surface area (Å²) >= 11 is 0. The molecule has 0 saturated heterocycles. The third-order valence-electron chi connectivity index (χ3n) is 2.71. The highest BCUT2D eigenvalue weighted by molar-refractivity contribution is 5.23. The summed E-state index contributed by atoms with van der Waals surface area (Å²) in [6.07, 6.45) is 3.20. The van der Waals surface area contributed by atoms with Crippen LogP contribution in [0.25, 0.3) is 0 Å². The zero-order valence-electron chi connectivity index (χ0n) is 10.4. The number of aryl methyl sites for hydroxylation is 2. The molecule has 3 nitrogen and oxygen atoms in total. The Bertz CT molecular complexity index is 543. The fraction of sp³-hybridized carbons (Fsp3) is 0.267. The summed E-state index contributed by atoms with van der Waals surface area (Å²) < 4.78 is 10.6. The zero-order chi connectivity index (χ0) is 12.8. The van der Waals surface area contributed by atoms with E-state index < -0.39 is 0 Å². The van der Waals surface area contributed by atoms with Crippen LogP contribution in [0.3, 0.4) is 0 Å². The largest absolute Gasteiger partial charge is 0.487 e. The predicted molar refractivity (Wildman–Crippen MR) is 70.0 cm³/mol. The van der Waals surface area contributed by atoms with Gasteiger partial charge in [-0.05, 0) is 25.3 Å². The van der Waals surface area contributed by atoms with Gasteiger partial charge in [0.2, 0.25) is 11.2 Å². The van der Waals surface area contributed by atoms with Crippen LogP contribution in [-0.4, -0.2) is 6.61 Å². The Morgan fingerprint density at radius 3 is 2.67 bits per heavy atom. The summed E-state index contributed by atoms with van der Waals surface area (Å²) in [6.45, 7) is 2.25. The van der Waals surface area contributed by atoms with Gasteiger partial charge >= 0.3 is 0 Å². The van der Waals surface area contributed by atoms with Crippen molar-refractivity contribution < 1.29 is 9.15 Å². The van der Waals surface area contributed by atoms with Crippen molar-refractivity contribution in [2.45, 2.75) is 19.8 Å². The van der Waals surface area contributed by atoms with Crippen molar-refractivity contribution in [2.75, 3.05) is 6.61 Å². The van der Waals surface area contributed by atoms with Gasteiger partial charge in [0.25, 0.3) is 0 Å². The Morgan fingerprint density at radius 2 is 1.94 bits per heavy atom. The van der Waals surface area contributed by atoms with E-state index >= 15 is 0 Å². The molecule has 0 bridgehead atoms. The second-order valence-electron chi connectivity index (χ2n) is 4.11. The summed E-state index contributed by atoms with van der Waals surface area (Å²) in [5.41, 5.74) is 1.15. The monoisotopic (exact) mass is 244 g/mol. The van der Waals surface area contributed by atoms with E-state index in [0.29, 0.717) is 18.1 Å². The fourth-order valence-electron chi connectivity index (χ4n) is 1.77. The Morgan fingerprint density at radius 1 is 1.17 bits per heavy atom. The van der Waals surface area contributed by atoms with E-state index in [4.69, 9.17) is 9.15 Å². The van der Waals surface area contributed by atoms with Gasteiger partial charge in [-0.1, -0.05) is 30.3 Å². The van der Waals surface area contributed by atoms with E-state index in [1.54, 1.807) is 6.92 Å². The van der Waals surface area contributed by atoms with Crippen LogP contribution in [0.2, 0.25) is 0 Å². The van der Waals surface area contributed by atoms with Gasteiger partial charge in [0.05, 0.1) is 12.9 Å². The third-order valence-corrected chi connectivity index (χ3v) is 2.71. The van der Waals surface area contributed by atoms with Crippen molar-refractivity contribution >= 4 is 0 Å². The van der Waals surface area contributed by atoms with E-state index in [9.17, 15) is 4.79 Å². The molecular weight excluding hydrogens is 228 g/mol. The molecule has 2 aromatic rings. The van der Waals surface area contributed by atoms with Crippen LogP contribution in [0.15, 0.2) is 51.9 Å². The highest BCUT2D eigenvalue weighted by Gasteiger charge is 2.05. The van der Waals surface area contributed by atoms with Crippen LogP contribution in [0.5, 0.6) is 5.75 Å². The first-order valence-electron chi connectivity index (χ1n) is 6.02. The molecule has 0 saturated carbocycles. The Labute approximate surface area is 106 Å². The van der Waals surface area contributed by atoms with Gasteiger partial charge < -0.3 is 9.15 Å². The van der Waals surface area contributed by atoms with E-state index in [1.807, 2.05) is 18.2 Å². The maximum absolute atomic E-state index is 11.5. The van der Waals surface area contributed by atoms with Gasteiger partial charge in [-0.25, -0.2) is 0 Å². The van der Waals surface area contributed by atoms with Gasteiger partial charge in [-0.2, -0.15) is 0 Å². The molecule has 0 atom stereocenters. The predicted octanol–water partition coefficient (Wildman–Crippen LogP) is 2.96. The van der Waals surface area contributed by atoms with Crippen LogP contribution in [0.1, 0.15) is 17.7 Å². The molecule has 0 aliphatic heterocycles. The lowest BCUT2D eigenvalue weighted by Crippen LogP contribution is -2.09. The van der Waals surface area contributed by atoms with Gasteiger partial charge in [-0.15, -0.1) is 0 Å². The van der Waals surface area contributed by atoms with Crippen molar-refractivity contribution in [1.29, 1.82) is 0 Å². The quantitative estimate of drug-likeness (QED) is 0.759. The number of rotatable bonds is 5. The maximum Gasteiger partial charge on any atom is 0.226 e. The third kappa shape index (κ3) is 3.23. The molecule has 0 aliphatic carbocycles. The molecule has 1 heterocycles. The number of ether oxygens (including phenoxy) is 1. The normalized spacial score (nSPS) is 10.3.